The number of rotatable bonds is 7. The predicted octanol–water partition coefficient (Wildman–Crippen LogP) is 0.625. The second-order valence-electron chi connectivity index (χ2n) is 6.68. The molecule has 1 atom stereocenters. The number of nitrogens with zero attached hydrogens (tertiary/aromatic N) is 2. The topological polar surface area (TPSA) is 103 Å². The molecule has 0 saturated carbocycles. The highest BCUT2D eigenvalue weighted by molar-refractivity contribution is 5.80. The van der Waals surface area contributed by atoms with Crippen LogP contribution in [0.25, 0.3) is 10.9 Å². The Morgan fingerprint density at radius 2 is 2.22 bits per heavy atom. The molecule has 2 aromatic rings. The van der Waals surface area contributed by atoms with Crippen molar-refractivity contribution in [3.63, 3.8) is 0 Å². The first kappa shape index (κ1) is 19.3. The quantitative estimate of drug-likeness (QED) is 0.736. The second kappa shape index (κ2) is 8.96. The minimum atomic E-state index is -0.763. The summed E-state index contributed by atoms with van der Waals surface area (Å²) in [5, 5.41) is 12.6. The molecule has 0 spiro atoms. The molecule has 1 amide bonds. The van der Waals surface area contributed by atoms with Gasteiger partial charge in [0.15, 0.2) is 6.61 Å². The van der Waals surface area contributed by atoms with Gasteiger partial charge in [-0.2, -0.15) is 0 Å². The zero-order valence-corrected chi connectivity index (χ0v) is 15.4. The van der Waals surface area contributed by atoms with E-state index in [-0.39, 0.29) is 31.2 Å². The number of aliphatic hydroxyl groups is 1. The summed E-state index contributed by atoms with van der Waals surface area (Å²) in [4.78, 5) is 29.3. The van der Waals surface area contributed by atoms with Crippen LogP contribution in [0.1, 0.15) is 25.1 Å². The molecule has 2 heterocycles. The third kappa shape index (κ3) is 4.84. The molecule has 0 bridgehead atoms. The number of methoxy groups -OCH3 is 1. The molecule has 0 radical (unpaired) electrons. The lowest BCUT2D eigenvalue weighted by molar-refractivity contribution is -0.123. The van der Waals surface area contributed by atoms with Gasteiger partial charge < -0.3 is 19.9 Å². The van der Waals surface area contributed by atoms with Crippen LogP contribution < -0.4 is 15.6 Å². The lowest BCUT2D eigenvalue weighted by Gasteiger charge is -2.12. The van der Waals surface area contributed by atoms with Gasteiger partial charge >= 0.3 is 0 Å². The lowest BCUT2D eigenvalue weighted by atomic mass is 10.2. The second-order valence-corrected chi connectivity index (χ2v) is 6.68. The van der Waals surface area contributed by atoms with Crippen molar-refractivity contribution in [2.24, 2.45) is 0 Å². The van der Waals surface area contributed by atoms with Gasteiger partial charge in [0, 0.05) is 26.6 Å². The normalized spacial score (nSPS) is 15.0. The van der Waals surface area contributed by atoms with Crippen LogP contribution in [0.4, 0.5) is 0 Å². The maximum absolute atomic E-state index is 12.8. The molecule has 2 N–H and O–H groups in total. The van der Waals surface area contributed by atoms with E-state index in [9.17, 15) is 14.7 Å². The molecule has 8 heteroatoms. The fraction of sp³-hybridized carbons (Fsp3) is 0.526. The third-order valence-corrected chi connectivity index (χ3v) is 4.55. The highest BCUT2D eigenvalue weighted by atomic mass is 16.5. The van der Waals surface area contributed by atoms with Gasteiger partial charge in [-0.15, -0.1) is 0 Å². The first-order chi connectivity index (χ1) is 13.1. The van der Waals surface area contributed by atoms with Gasteiger partial charge in [0.25, 0.3) is 11.5 Å². The molecule has 8 nitrogen and oxygen atoms in total. The summed E-state index contributed by atoms with van der Waals surface area (Å²) in [7, 11) is 1.48. The third-order valence-electron chi connectivity index (χ3n) is 4.55. The number of hydrogen-bond donors (Lipinski definition) is 2. The summed E-state index contributed by atoms with van der Waals surface area (Å²) in [5.74, 6) is 0.915. The summed E-state index contributed by atoms with van der Waals surface area (Å²) in [5.41, 5.74) is 0.585. The first-order valence-corrected chi connectivity index (χ1v) is 9.18. The molecule has 0 fully saturated rings. The molecule has 1 aromatic heterocycles. The summed E-state index contributed by atoms with van der Waals surface area (Å²) in [6.45, 7) is 0.720. The van der Waals surface area contributed by atoms with Crippen molar-refractivity contribution in [1.82, 2.24) is 14.9 Å². The molecule has 1 aromatic carbocycles. The largest absolute Gasteiger partial charge is 0.484 e. The number of aromatic nitrogens is 2. The maximum atomic E-state index is 12.8. The van der Waals surface area contributed by atoms with Crippen LogP contribution in [0.15, 0.2) is 23.0 Å². The summed E-state index contributed by atoms with van der Waals surface area (Å²) in [6.07, 6.45) is 3.18. The van der Waals surface area contributed by atoms with Crippen LogP contribution in [-0.4, -0.2) is 53.5 Å². The van der Waals surface area contributed by atoms with Crippen molar-refractivity contribution in [3.8, 4) is 5.75 Å². The van der Waals surface area contributed by atoms with Crippen molar-refractivity contribution in [2.75, 3.05) is 26.9 Å². The van der Waals surface area contributed by atoms with Gasteiger partial charge in [0.2, 0.25) is 0 Å². The first-order valence-electron chi connectivity index (χ1n) is 9.18. The van der Waals surface area contributed by atoms with E-state index in [2.05, 4.69) is 10.3 Å². The van der Waals surface area contributed by atoms with Crippen LogP contribution in [0.2, 0.25) is 0 Å². The zero-order chi connectivity index (χ0) is 19.2. The highest BCUT2D eigenvalue weighted by Gasteiger charge is 2.14. The van der Waals surface area contributed by atoms with E-state index >= 15 is 0 Å². The van der Waals surface area contributed by atoms with Gasteiger partial charge in [-0.3, -0.25) is 14.2 Å². The smallest absolute Gasteiger partial charge is 0.261 e. The number of aryl methyl sites for hydroxylation is 1. The number of aliphatic hydroxyl groups excluding tert-OH is 1. The monoisotopic (exact) mass is 375 g/mol. The lowest BCUT2D eigenvalue weighted by Crippen LogP contribution is -2.37. The molecular weight excluding hydrogens is 350 g/mol. The summed E-state index contributed by atoms with van der Waals surface area (Å²) < 4.78 is 12.0. The molecule has 1 aliphatic rings. The number of carbonyl (C=O) groups excluding carboxylic acids is 1. The van der Waals surface area contributed by atoms with Crippen LogP contribution >= 0.6 is 0 Å². The fourth-order valence-electron chi connectivity index (χ4n) is 3.17. The van der Waals surface area contributed by atoms with Crippen molar-refractivity contribution in [3.05, 3.63) is 34.4 Å². The Morgan fingerprint density at radius 3 is 3.04 bits per heavy atom. The minimum absolute atomic E-state index is 0.0607. The standard InChI is InChI=1S/C19H25N3O5/c1-26-11-13(23)10-20-18(24)12-27-14-6-7-16-15(9-14)19(25)22-8-4-2-3-5-17(22)21-16/h6-7,9,13,23H,2-5,8,10-12H2,1H3,(H,20,24)/t13-/m1/s1. The highest BCUT2D eigenvalue weighted by Crippen LogP contribution is 2.19. The van der Waals surface area contributed by atoms with Crippen LogP contribution in [0, 0.1) is 0 Å². The molecule has 27 heavy (non-hydrogen) atoms. The molecule has 0 unspecified atom stereocenters. The average Bonchev–Trinajstić information content (AvgIpc) is 2.91. The average molecular weight is 375 g/mol. The Hall–Kier alpha value is -2.45. The van der Waals surface area contributed by atoms with Crippen LogP contribution in [0.3, 0.4) is 0 Å². The molecular formula is C19H25N3O5. The SMILES string of the molecule is COC[C@H](O)CNC(=O)COc1ccc2nc3n(c(=O)c2c1)CCCCC3. The van der Waals surface area contributed by atoms with E-state index in [1.165, 1.54) is 7.11 Å². The molecule has 3 rings (SSSR count). The Labute approximate surface area is 157 Å². The van der Waals surface area contributed by atoms with Gasteiger partial charge in [0.05, 0.1) is 23.6 Å². The van der Waals surface area contributed by atoms with E-state index < -0.39 is 6.10 Å². The van der Waals surface area contributed by atoms with E-state index in [0.717, 1.165) is 31.5 Å². The number of amides is 1. The Kier molecular flexibility index (Phi) is 6.41. The number of hydrogen-bond acceptors (Lipinski definition) is 6. The van der Waals surface area contributed by atoms with E-state index in [4.69, 9.17) is 9.47 Å². The van der Waals surface area contributed by atoms with E-state index in [1.54, 1.807) is 22.8 Å². The van der Waals surface area contributed by atoms with Crippen molar-refractivity contribution >= 4 is 16.8 Å². The molecule has 1 aliphatic heterocycles. The van der Waals surface area contributed by atoms with Crippen molar-refractivity contribution in [2.45, 2.75) is 38.3 Å². The van der Waals surface area contributed by atoms with E-state index in [1.807, 2.05) is 0 Å². The molecule has 146 valence electrons. The maximum Gasteiger partial charge on any atom is 0.261 e. The van der Waals surface area contributed by atoms with Gasteiger partial charge in [0.1, 0.15) is 11.6 Å². The number of benzene rings is 1. The number of ether oxygens (including phenoxy) is 2. The number of fused-ring (bicyclic) bond motifs is 2. The molecule has 0 aliphatic carbocycles. The van der Waals surface area contributed by atoms with Crippen LogP contribution in [0.5, 0.6) is 5.75 Å². The minimum Gasteiger partial charge on any atom is -0.484 e. The van der Waals surface area contributed by atoms with Gasteiger partial charge in [-0.05, 0) is 31.0 Å². The fourth-order valence-corrected chi connectivity index (χ4v) is 3.17. The predicted molar refractivity (Wildman–Crippen MR) is 99.9 cm³/mol. The van der Waals surface area contributed by atoms with Gasteiger partial charge in [-0.25, -0.2) is 4.98 Å². The zero-order valence-electron chi connectivity index (χ0n) is 15.4. The van der Waals surface area contributed by atoms with Crippen molar-refractivity contribution < 1.29 is 19.4 Å². The number of carbonyl (C=O) groups is 1. The Balaban J connectivity index is 1.68. The Morgan fingerprint density at radius 1 is 1.37 bits per heavy atom. The Bertz CT molecular complexity index is 864. The molecule has 0 saturated heterocycles. The summed E-state index contributed by atoms with van der Waals surface area (Å²) >= 11 is 0. The van der Waals surface area contributed by atoms with Gasteiger partial charge in [-0.1, -0.05) is 6.42 Å². The van der Waals surface area contributed by atoms with E-state index in [0.29, 0.717) is 23.2 Å². The summed E-state index contributed by atoms with van der Waals surface area (Å²) in [6, 6.07) is 5.09. The van der Waals surface area contributed by atoms with Crippen LogP contribution in [-0.2, 0) is 22.5 Å². The van der Waals surface area contributed by atoms with Crippen molar-refractivity contribution in [1.29, 1.82) is 0 Å². The number of nitrogens with one attached hydrogen (secondary N) is 1.